The molecule has 0 radical (unpaired) electrons. The van der Waals surface area contributed by atoms with E-state index < -0.39 is 0 Å². The van der Waals surface area contributed by atoms with Gasteiger partial charge < -0.3 is 17.7 Å². The monoisotopic (exact) mass is 388 g/mol. The molecule has 26 heavy (non-hydrogen) atoms. The molecule has 3 rings (SSSR count). The molecule has 0 saturated heterocycles. The second kappa shape index (κ2) is 10.3. The molecule has 0 fully saturated rings. The van der Waals surface area contributed by atoms with E-state index in [4.69, 9.17) is 0 Å². The first-order valence-corrected chi connectivity index (χ1v) is 9.49. The fourth-order valence-corrected chi connectivity index (χ4v) is 3.26. The average Bonchev–Trinajstić information content (AvgIpc) is 3.11. The summed E-state index contributed by atoms with van der Waals surface area (Å²) in [7, 11) is 0. The van der Waals surface area contributed by atoms with E-state index in [0.717, 1.165) is 29.7 Å². The van der Waals surface area contributed by atoms with Crippen molar-refractivity contribution >= 4 is 11.8 Å². The molecule has 7 heteroatoms. The molecule has 138 valence electrons. The number of nitrogens with one attached hydrogen (secondary N) is 1. The van der Waals surface area contributed by atoms with Crippen LogP contribution in [0, 0.1) is 0 Å². The van der Waals surface area contributed by atoms with Crippen LogP contribution in [0.5, 0.6) is 0 Å². The molecule has 0 aliphatic heterocycles. The molecule has 3 aromatic rings. The van der Waals surface area contributed by atoms with Crippen molar-refractivity contribution in [1.82, 2.24) is 25.5 Å². The summed E-state index contributed by atoms with van der Waals surface area (Å²) in [6, 6.07) is 18.8. The van der Waals surface area contributed by atoms with E-state index in [1.807, 2.05) is 30.3 Å². The first kappa shape index (κ1) is 20.4. The van der Waals surface area contributed by atoms with Gasteiger partial charge in [0.15, 0.2) is 0 Å². The van der Waals surface area contributed by atoms with Crippen LogP contribution in [0.1, 0.15) is 30.9 Å². The molecule has 5 nitrogen and oxygen atoms in total. The highest BCUT2D eigenvalue weighted by Gasteiger charge is 2.08. The number of rotatable bonds is 8. The molecule has 0 atom stereocenters. The molecule has 0 aliphatic rings. The zero-order chi connectivity index (χ0) is 17.5. The standard InChI is InChI=1S/C19H23N5S.ClH/c1-15(2)17-10-8-16(9-11-17)14-20-12-13-25-19-21-22-23-24(19)18-6-4-3-5-7-18;/h3-11,15,20H,12-14H2,1-2H3;1H/p-1. The lowest BCUT2D eigenvalue weighted by atomic mass is 10.0. The Morgan fingerprint density at radius 1 is 1.04 bits per heavy atom. The van der Waals surface area contributed by atoms with Crippen LogP contribution in [0.4, 0.5) is 0 Å². The fourth-order valence-electron chi connectivity index (χ4n) is 2.47. The van der Waals surface area contributed by atoms with E-state index in [2.05, 4.69) is 59.0 Å². The van der Waals surface area contributed by atoms with Crippen LogP contribution in [-0.4, -0.2) is 32.5 Å². The Hall–Kier alpha value is -1.89. The van der Waals surface area contributed by atoms with E-state index in [0.29, 0.717) is 5.92 Å². The van der Waals surface area contributed by atoms with Gasteiger partial charge in [-0.25, -0.2) is 0 Å². The Labute approximate surface area is 165 Å². The normalized spacial score (nSPS) is 10.7. The lowest BCUT2D eigenvalue weighted by molar-refractivity contribution is -0.00000533. The summed E-state index contributed by atoms with van der Waals surface area (Å²) in [5.74, 6) is 1.49. The molecular weight excluding hydrogens is 366 g/mol. The van der Waals surface area contributed by atoms with Crippen molar-refractivity contribution in [3.8, 4) is 5.69 Å². The summed E-state index contributed by atoms with van der Waals surface area (Å²) >= 11 is 1.65. The maximum absolute atomic E-state index is 4.11. The van der Waals surface area contributed by atoms with Gasteiger partial charge in [0.2, 0.25) is 5.16 Å². The highest BCUT2D eigenvalue weighted by atomic mass is 35.5. The second-order valence-corrected chi connectivity index (χ2v) is 7.19. The molecule has 0 unspecified atom stereocenters. The summed E-state index contributed by atoms with van der Waals surface area (Å²) in [5, 5.41) is 16.3. The predicted molar refractivity (Wildman–Crippen MR) is 102 cm³/mol. The zero-order valence-electron chi connectivity index (χ0n) is 15.0. The summed E-state index contributed by atoms with van der Waals surface area (Å²) in [6.45, 7) is 6.21. The fraction of sp³-hybridized carbons (Fsp3) is 0.316. The number of hydrogen-bond donors (Lipinski definition) is 1. The topological polar surface area (TPSA) is 55.6 Å². The molecule has 1 heterocycles. The van der Waals surface area contributed by atoms with E-state index in [-0.39, 0.29) is 12.4 Å². The highest BCUT2D eigenvalue weighted by molar-refractivity contribution is 7.99. The van der Waals surface area contributed by atoms with E-state index >= 15 is 0 Å². The molecule has 1 N–H and O–H groups in total. The highest BCUT2D eigenvalue weighted by Crippen LogP contribution is 2.17. The first-order chi connectivity index (χ1) is 12.2. The number of tetrazole rings is 1. The Balaban J connectivity index is 0.00000243. The maximum atomic E-state index is 4.11. The second-order valence-electron chi connectivity index (χ2n) is 6.13. The molecule has 1 aromatic heterocycles. The van der Waals surface area contributed by atoms with Crippen molar-refractivity contribution in [3.63, 3.8) is 0 Å². The van der Waals surface area contributed by atoms with Gasteiger partial charge in [0.1, 0.15) is 0 Å². The smallest absolute Gasteiger partial charge is 0.214 e. The third-order valence-corrected chi connectivity index (χ3v) is 4.85. The lowest BCUT2D eigenvalue weighted by Crippen LogP contribution is -3.00. The van der Waals surface area contributed by atoms with E-state index in [1.54, 1.807) is 16.4 Å². The van der Waals surface area contributed by atoms with Gasteiger partial charge in [-0.3, -0.25) is 0 Å². The first-order valence-electron chi connectivity index (χ1n) is 8.50. The summed E-state index contributed by atoms with van der Waals surface area (Å²) in [5.41, 5.74) is 3.67. The minimum absolute atomic E-state index is 0. The molecule has 0 bridgehead atoms. The minimum Gasteiger partial charge on any atom is -1.00 e. The number of para-hydroxylation sites is 1. The van der Waals surface area contributed by atoms with Gasteiger partial charge in [-0.1, -0.05) is 68.1 Å². The van der Waals surface area contributed by atoms with E-state index in [1.165, 1.54) is 11.1 Å². The zero-order valence-corrected chi connectivity index (χ0v) is 16.5. The molecular formula is C19H23ClN5S-. The third kappa shape index (κ3) is 5.56. The molecule has 0 saturated carbocycles. The summed E-state index contributed by atoms with van der Waals surface area (Å²) in [4.78, 5) is 0. The molecule has 0 amide bonds. The lowest BCUT2D eigenvalue weighted by Gasteiger charge is -2.08. The Morgan fingerprint density at radius 3 is 2.46 bits per heavy atom. The number of nitrogens with zero attached hydrogens (tertiary/aromatic N) is 4. The maximum Gasteiger partial charge on any atom is 0.214 e. The van der Waals surface area contributed by atoms with Crippen LogP contribution in [0.15, 0.2) is 59.8 Å². The number of halogens is 1. The SMILES string of the molecule is CC(C)c1ccc(CNCCSc2nnnn2-c2ccccc2)cc1.[Cl-]. The van der Waals surface area contributed by atoms with Crippen LogP contribution in [0.3, 0.4) is 0 Å². The van der Waals surface area contributed by atoms with Crippen LogP contribution >= 0.6 is 11.8 Å². The molecule has 2 aromatic carbocycles. The van der Waals surface area contributed by atoms with Gasteiger partial charge in [0.25, 0.3) is 0 Å². The quantitative estimate of drug-likeness (QED) is 0.454. The van der Waals surface area contributed by atoms with Gasteiger partial charge in [0.05, 0.1) is 5.69 Å². The average molecular weight is 389 g/mol. The van der Waals surface area contributed by atoms with Crippen molar-refractivity contribution in [2.24, 2.45) is 0 Å². The van der Waals surface area contributed by atoms with Gasteiger partial charge >= 0.3 is 0 Å². The van der Waals surface area contributed by atoms with Crippen LogP contribution < -0.4 is 17.7 Å². The van der Waals surface area contributed by atoms with E-state index in [9.17, 15) is 0 Å². The number of benzene rings is 2. The minimum atomic E-state index is 0. The van der Waals surface area contributed by atoms with Crippen molar-refractivity contribution in [2.75, 3.05) is 12.3 Å². The predicted octanol–water partition coefficient (Wildman–Crippen LogP) is 0.672. The van der Waals surface area contributed by atoms with Gasteiger partial charge in [-0.2, -0.15) is 4.68 Å². The van der Waals surface area contributed by atoms with Gasteiger partial charge in [-0.15, -0.1) is 5.10 Å². The Bertz CT molecular complexity index is 774. The summed E-state index contributed by atoms with van der Waals surface area (Å²) in [6.07, 6.45) is 0. The Kier molecular flexibility index (Phi) is 8.09. The van der Waals surface area contributed by atoms with Crippen LogP contribution in [-0.2, 0) is 6.54 Å². The van der Waals surface area contributed by atoms with Crippen molar-refractivity contribution in [2.45, 2.75) is 31.5 Å². The van der Waals surface area contributed by atoms with Gasteiger partial charge in [-0.05, 0) is 39.6 Å². The molecule has 0 spiro atoms. The third-order valence-electron chi connectivity index (χ3n) is 3.93. The molecule has 0 aliphatic carbocycles. The Morgan fingerprint density at radius 2 is 1.77 bits per heavy atom. The van der Waals surface area contributed by atoms with Crippen LogP contribution in [0.2, 0.25) is 0 Å². The van der Waals surface area contributed by atoms with Gasteiger partial charge in [0, 0.05) is 18.8 Å². The summed E-state index contributed by atoms with van der Waals surface area (Å²) < 4.78 is 1.77. The number of thioether (sulfide) groups is 1. The van der Waals surface area contributed by atoms with Crippen molar-refractivity contribution < 1.29 is 12.4 Å². The van der Waals surface area contributed by atoms with Crippen LogP contribution in [0.25, 0.3) is 5.69 Å². The number of aromatic nitrogens is 4. The van der Waals surface area contributed by atoms with Crippen molar-refractivity contribution in [3.05, 3.63) is 65.7 Å². The van der Waals surface area contributed by atoms with Crippen molar-refractivity contribution in [1.29, 1.82) is 0 Å². The number of hydrogen-bond acceptors (Lipinski definition) is 5. The largest absolute Gasteiger partial charge is 1.00 e.